The highest BCUT2D eigenvalue weighted by atomic mass is 79.9. The number of nitrogens with two attached hydrogens (primary N) is 1. The molecule has 0 spiro atoms. The van der Waals surface area contributed by atoms with Gasteiger partial charge in [-0.2, -0.15) is 0 Å². The quantitative estimate of drug-likeness (QED) is 0.820. The Morgan fingerprint density at radius 2 is 2.41 bits per heavy atom. The van der Waals surface area contributed by atoms with Crippen LogP contribution in [0.25, 0.3) is 0 Å². The molecule has 4 nitrogen and oxygen atoms in total. The Labute approximate surface area is 114 Å². The summed E-state index contributed by atoms with van der Waals surface area (Å²) in [7, 11) is 0. The predicted octanol–water partition coefficient (Wildman–Crippen LogP) is 2.95. The number of hydrogen-bond acceptors (Lipinski definition) is 3. The van der Waals surface area contributed by atoms with Gasteiger partial charge in [0.15, 0.2) is 5.15 Å². The third kappa shape index (κ3) is 4.61. The molecule has 6 heteroatoms. The molecule has 1 aromatic heterocycles. The molecular formula is C11H15BrClN3O. The molecule has 1 unspecified atom stereocenters. The highest BCUT2D eigenvalue weighted by Crippen LogP contribution is 2.23. The van der Waals surface area contributed by atoms with Gasteiger partial charge in [0.25, 0.3) is 0 Å². The lowest BCUT2D eigenvalue weighted by atomic mass is 10.1. The van der Waals surface area contributed by atoms with Gasteiger partial charge in [0, 0.05) is 10.7 Å². The summed E-state index contributed by atoms with van der Waals surface area (Å²) in [5.41, 5.74) is 6.22. The maximum Gasteiger partial charge on any atom is 0.241 e. The van der Waals surface area contributed by atoms with E-state index in [2.05, 4.69) is 33.2 Å². The molecule has 0 aliphatic carbocycles. The number of halogens is 2. The van der Waals surface area contributed by atoms with Crippen molar-refractivity contribution in [2.24, 2.45) is 5.73 Å². The molecule has 0 radical (unpaired) electrons. The van der Waals surface area contributed by atoms with Crippen molar-refractivity contribution in [3.63, 3.8) is 0 Å². The zero-order valence-corrected chi connectivity index (χ0v) is 11.9. The second-order valence-electron chi connectivity index (χ2n) is 3.73. The van der Waals surface area contributed by atoms with Crippen LogP contribution in [0.2, 0.25) is 5.15 Å². The first kappa shape index (κ1) is 14.4. The third-order valence-corrected chi connectivity index (χ3v) is 3.00. The fourth-order valence-corrected chi connectivity index (χ4v) is 1.77. The van der Waals surface area contributed by atoms with Crippen LogP contribution in [0.4, 0.5) is 5.69 Å². The maximum absolute atomic E-state index is 11.7. The van der Waals surface area contributed by atoms with E-state index in [4.69, 9.17) is 17.3 Å². The van der Waals surface area contributed by atoms with Gasteiger partial charge in [0.05, 0.1) is 11.7 Å². The summed E-state index contributed by atoms with van der Waals surface area (Å²) in [6, 6.07) is 1.18. The number of amides is 1. The van der Waals surface area contributed by atoms with Gasteiger partial charge in [-0.25, -0.2) is 4.98 Å². The lowest BCUT2D eigenvalue weighted by Gasteiger charge is -2.12. The van der Waals surface area contributed by atoms with E-state index >= 15 is 0 Å². The average molecular weight is 321 g/mol. The lowest BCUT2D eigenvalue weighted by molar-refractivity contribution is -0.117. The molecule has 1 atom stereocenters. The minimum Gasteiger partial charge on any atom is -0.322 e. The Bertz CT molecular complexity index is 400. The summed E-state index contributed by atoms with van der Waals surface area (Å²) in [5, 5.41) is 2.93. The molecule has 0 aromatic carbocycles. The first-order valence-electron chi connectivity index (χ1n) is 5.42. The van der Waals surface area contributed by atoms with E-state index in [9.17, 15) is 4.79 Å². The molecule has 0 saturated heterocycles. The van der Waals surface area contributed by atoms with Crippen molar-refractivity contribution < 1.29 is 4.79 Å². The average Bonchev–Trinajstić information content (AvgIpc) is 2.30. The zero-order chi connectivity index (χ0) is 12.8. The van der Waals surface area contributed by atoms with Gasteiger partial charge in [-0.1, -0.05) is 31.4 Å². The van der Waals surface area contributed by atoms with Crippen molar-refractivity contribution in [1.29, 1.82) is 0 Å². The molecule has 0 aliphatic rings. The highest BCUT2D eigenvalue weighted by molar-refractivity contribution is 9.10. The number of rotatable bonds is 5. The molecule has 1 amide bonds. The van der Waals surface area contributed by atoms with Gasteiger partial charge >= 0.3 is 0 Å². The Morgan fingerprint density at radius 1 is 1.71 bits per heavy atom. The number of pyridine rings is 1. The summed E-state index contributed by atoms with van der Waals surface area (Å²) >= 11 is 9.12. The predicted molar refractivity (Wildman–Crippen MR) is 73.1 cm³/mol. The van der Waals surface area contributed by atoms with Gasteiger partial charge in [-0.3, -0.25) is 4.79 Å². The minimum atomic E-state index is -0.509. The van der Waals surface area contributed by atoms with Crippen LogP contribution in [0.3, 0.4) is 0 Å². The second-order valence-corrected chi connectivity index (χ2v) is 5.00. The summed E-state index contributed by atoms with van der Waals surface area (Å²) in [6.07, 6.45) is 4.18. The number of carbonyl (C=O) groups is 1. The smallest absolute Gasteiger partial charge is 0.241 e. The molecule has 0 aliphatic heterocycles. The third-order valence-electron chi connectivity index (χ3n) is 2.27. The Kier molecular flexibility index (Phi) is 5.88. The van der Waals surface area contributed by atoms with E-state index in [0.29, 0.717) is 12.1 Å². The van der Waals surface area contributed by atoms with Crippen LogP contribution < -0.4 is 11.1 Å². The van der Waals surface area contributed by atoms with Crippen molar-refractivity contribution in [3.05, 3.63) is 21.9 Å². The van der Waals surface area contributed by atoms with E-state index in [1.54, 1.807) is 12.3 Å². The highest BCUT2D eigenvalue weighted by Gasteiger charge is 2.14. The number of nitrogens with zero attached hydrogens (tertiary/aromatic N) is 1. The molecule has 0 fully saturated rings. The number of hydrogen-bond donors (Lipinski definition) is 2. The number of carbonyl (C=O) groups excluding carboxylic acids is 1. The van der Waals surface area contributed by atoms with Crippen LogP contribution >= 0.6 is 27.5 Å². The molecule has 1 aromatic rings. The molecule has 0 saturated carbocycles. The Balaban J connectivity index is 2.64. The van der Waals surface area contributed by atoms with Crippen LogP contribution in [0.15, 0.2) is 16.7 Å². The Morgan fingerprint density at radius 3 is 3.06 bits per heavy atom. The number of nitrogens with one attached hydrogen (secondary N) is 1. The lowest BCUT2D eigenvalue weighted by Crippen LogP contribution is -2.35. The van der Waals surface area contributed by atoms with E-state index in [-0.39, 0.29) is 11.1 Å². The van der Waals surface area contributed by atoms with Crippen molar-refractivity contribution >= 4 is 39.1 Å². The largest absolute Gasteiger partial charge is 0.322 e. The maximum atomic E-state index is 11.7. The van der Waals surface area contributed by atoms with Gasteiger partial charge in [0.1, 0.15) is 0 Å². The van der Waals surface area contributed by atoms with Gasteiger partial charge in [-0.15, -0.1) is 0 Å². The van der Waals surface area contributed by atoms with Crippen LogP contribution in [-0.2, 0) is 4.79 Å². The number of anilines is 1. The van der Waals surface area contributed by atoms with Crippen molar-refractivity contribution in [2.75, 3.05) is 5.32 Å². The van der Waals surface area contributed by atoms with Crippen molar-refractivity contribution in [2.45, 2.75) is 32.2 Å². The summed E-state index contributed by atoms with van der Waals surface area (Å²) in [4.78, 5) is 15.7. The van der Waals surface area contributed by atoms with E-state index in [1.165, 1.54) is 0 Å². The molecule has 0 bridgehead atoms. The van der Waals surface area contributed by atoms with Crippen LogP contribution in [-0.4, -0.2) is 16.9 Å². The summed E-state index contributed by atoms with van der Waals surface area (Å²) < 4.78 is 0.749. The first-order valence-corrected chi connectivity index (χ1v) is 6.59. The van der Waals surface area contributed by atoms with Gasteiger partial charge in [0.2, 0.25) is 5.91 Å². The molecule has 1 rings (SSSR count). The van der Waals surface area contributed by atoms with Crippen LogP contribution in [0.5, 0.6) is 0 Å². The monoisotopic (exact) mass is 319 g/mol. The zero-order valence-electron chi connectivity index (χ0n) is 9.54. The topological polar surface area (TPSA) is 68.0 Å². The van der Waals surface area contributed by atoms with E-state index in [0.717, 1.165) is 17.3 Å². The number of aromatic nitrogens is 1. The van der Waals surface area contributed by atoms with Crippen LogP contribution in [0, 0.1) is 0 Å². The minimum absolute atomic E-state index is 0.236. The van der Waals surface area contributed by atoms with Crippen LogP contribution in [0.1, 0.15) is 26.2 Å². The fourth-order valence-electron chi connectivity index (χ4n) is 1.29. The van der Waals surface area contributed by atoms with Gasteiger partial charge in [-0.05, 0) is 28.4 Å². The molecule has 1 heterocycles. The summed E-state index contributed by atoms with van der Waals surface area (Å²) in [5.74, 6) is -0.236. The van der Waals surface area contributed by atoms with Crippen molar-refractivity contribution in [3.8, 4) is 0 Å². The fraction of sp³-hybridized carbons (Fsp3) is 0.455. The summed E-state index contributed by atoms with van der Waals surface area (Å²) in [6.45, 7) is 2.06. The van der Waals surface area contributed by atoms with E-state index < -0.39 is 6.04 Å². The standard InChI is InChI=1S/C11H15BrClN3O/c1-2-3-4-8(14)11(17)16-9-5-7(12)6-15-10(9)13/h5-6,8H,2-4,14H2,1H3,(H,16,17). The molecule has 17 heavy (non-hydrogen) atoms. The SMILES string of the molecule is CCCCC(N)C(=O)Nc1cc(Br)cnc1Cl. The number of unbranched alkanes of at least 4 members (excludes halogenated alkanes) is 1. The first-order chi connectivity index (χ1) is 8.04. The molecule has 3 N–H and O–H groups in total. The van der Waals surface area contributed by atoms with Gasteiger partial charge < -0.3 is 11.1 Å². The second kappa shape index (κ2) is 6.93. The Hall–Kier alpha value is -0.650. The van der Waals surface area contributed by atoms with E-state index in [1.807, 2.05) is 0 Å². The van der Waals surface area contributed by atoms with Crippen molar-refractivity contribution in [1.82, 2.24) is 4.98 Å². The molecular weight excluding hydrogens is 305 g/mol. The molecule has 94 valence electrons. The normalized spacial score (nSPS) is 12.2.